The van der Waals surface area contributed by atoms with E-state index in [1.807, 2.05) is 0 Å². The van der Waals surface area contributed by atoms with Crippen molar-refractivity contribution in [1.29, 1.82) is 0 Å². The zero-order valence-electron chi connectivity index (χ0n) is 9.47. The van der Waals surface area contributed by atoms with Gasteiger partial charge >= 0.3 is 5.97 Å². The third kappa shape index (κ3) is 2.73. The van der Waals surface area contributed by atoms with Gasteiger partial charge in [-0.1, -0.05) is 11.6 Å². The lowest BCUT2D eigenvalue weighted by atomic mass is 10.1. The number of amides is 1. The van der Waals surface area contributed by atoms with Crippen molar-refractivity contribution in [2.24, 2.45) is 0 Å². The molecule has 0 atom stereocenters. The molecule has 5 nitrogen and oxygen atoms in total. The summed E-state index contributed by atoms with van der Waals surface area (Å²) in [6.45, 7) is -0.366. The summed E-state index contributed by atoms with van der Waals surface area (Å²) in [6, 6.07) is 4.08. The van der Waals surface area contributed by atoms with Crippen molar-refractivity contribution < 1.29 is 19.8 Å². The van der Waals surface area contributed by atoms with Gasteiger partial charge in [-0.05, 0) is 31.0 Å². The molecule has 1 amide bonds. The fourth-order valence-electron chi connectivity index (χ4n) is 1.73. The number of halogens is 1. The molecule has 2 N–H and O–H groups in total. The van der Waals surface area contributed by atoms with E-state index in [1.54, 1.807) is 0 Å². The number of hydrogen-bond donors (Lipinski definition) is 2. The Bertz CT molecular complexity index is 499. The molecule has 1 aromatic carbocycles. The quantitative estimate of drug-likeness (QED) is 0.873. The van der Waals surface area contributed by atoms with Gasteiger partial charge in [-0.2, -0.15) is 0 Å². The number of aromatic hydroxyl groups is 1. The van der Waals surface area contributed by atoms with E-state index in [4.69, 9.17) is 16.7 Å². The van der Waals surface area contributed by atoms with Gasteiger partial charge in [-0.25, -0.2) is 0 Å². The number of benzene rings is 1. The minimum atomic E-state index is -1.07. The normalized spacial score (nSPS) is 14.3. The van der Waals surface area contributed by atoms with Crippen LogP contribution in [0.1, 0.15) is 23.2 Å². The Morgan fingerprint density at radius 2 is 2.06 bits per heavy atom. The van der Waals surface area contributed by atoms with Crippen LogP contribution in [0.5, 0.6) is 5.75 Å². The van der Waals surface area contributed by atoms with E-state index in [2.05, 4.69) is 0 Å². The SMILES string of the molecule is O=C(O)CN(C(=O)c1cc(Cl)ccc1O)C1CC1. The van der Waals surface area contributed by atoms with Gasteiger partial charge in [-0.15, -0.1) is 0 Å². The summed E-state index contributed by atoms with van der Waals surface area (Å²) in [5, 5.41) is 18.8. The van der Waals surface area contributed by atoms with Crippen LogP contribution < -0.4 is 0 Å². The highest BCUT2D eigenvalue weighted by atomic mass is 35.5. The van der Waals surface area contributed by atoms with E-state index in [1.165, 1.54) is 23.1 Å². The molecule has 1 aliphatic carbocycles. The number of phenols is 1. The van der Waals surface area contributed by atoms with Gasteiger partial charge in [0.05, 0.1) is 5.56 Å². The molecular weight excluding hydrogens is 258 g/mol. The minimum Gasteiger partial charge on any atom is -0.507 e. The van der Waals surface area contributed by atoms with Gasteiger partial charge < -0.3 is 15.1 Å². The molecule has 1 aromatic rings. The first kappa shape index (κ1) is 12.7. The Morgan fingerprint density at radius 3 is 2.61 bits per heavy atom. The van der Waals surface area contributed by atoms with Crippen molar-refractivity contribution in [3.63, 3.8) is 0 Å². The maximum atomic E-state index is 12.2. The molecular formula is C12H12ClNO4. The van der Waals surface area contributed by atoms with Crippen molar-refractivity contribution in [3.05, 3.63) is 28.8 Å². The Kier molecular flexibility index (Phi) is 3.43. The third-order valence-corrected chi connectivity index (χ3v) is 2.98. The van der Waals surface area contributed by atoms with Crippen LogP contribution in [0.25, 0.3) is 0 Å². The lowest BCUT2D eigenvalue weighted by molar-refractivity contribution is -0.137. The molecule has 6 heteroatoms. The standard InChI is InChI=1S/C12H12ClNO4/c13-7-1-4-10(15)9(5-7)12(18)14(6-11(16)17)8-2-3-8/h1,4-5,8,15H,2-3,6H2,(H,16,17). The second kappa shape index (κ2) is 4.86. The molecule has 1 fully saturated rings. The average Bonchev–Trinajstić information content (AvgIpc) is 3.12. The van der Waals surface area contributed by atoms with Crippen molar-refractivity contribution in [2.45, 2.75) is 18.9 Å². The fourth-order valence-corrected chi connectivity index (χ4v) is 1.91. The third-order valence-electron chi connectivity index (χ3n) is 2.74. The molecule has 1 saturated carbocycles. The molecule has 0 radical (unpaired) electrons. The number of carboxylic acid groups (broad SMARTS) is 1. The highest BCUT2D eigenvalue weighted by molar-refractivity contribution is 6.31. The molecule has 0 saturated heterocycles. The van der Waals surface area contributed by atoms with Crippen LogP contribution in [-0.2, 0) is 4.79 Å². The molecule has 2 rings (SSSR count). The second-order valence-electron chi connectivity index (χ2n) is 4.22. The van der Waals surface area contributed by atoms with E-state index in [-0.39, 0.29) is 23.9 Å². The van der Waals surface area contributed by atoms with Gasteiger partial charge in [0, 0.05) is 11.1 Å². The maximum absolute atomic E-state index is 12.2. The number of carbonyl (C=O) groups excluding carboxylic acids is 1. The van der Waals surface area contributed by atoms with Crippen LogP contribution in [0, 0.1) is 0 Å². The van der Waals surface area contributed by atoms with Crippen LogP contribution in [0.15, 0.2) is 18.2 Å². The molecule has 96 valence electrons. The Balaban J connectivity index is 2.27. The van der Waals surface area contributed by atoms with Crippen molar-refractivity contribution in [3.8, 4) is 5.75 Å². The van der Waals surface area contributed by atoms with Crippen LogP contribution in [0.4, 0.5) is 0 Å². The smallest absolute Gasteiger partial charge is 0.323 e. The predicted octanol–water partition coefficient (Wildman–Crippen LogP) is 1.73. The highest BCUT2D eigenvalue weighted by Gasteiger charge is 2.35. The molecule has 0 aromatic heterocycles. The number of carbonyl (C=O) groups is 2. The molecule has 0 spiro atoms. The van der Waals surface area contributed by atoms with Crippen molar-refractivity contribution in [2.75, 3.05) is 6.54 Å². The zero-order valence-corrected chi connectivity index (χ0v) is 10.2. The maximum Gasteiger partial charge on any atom is 0.323 e. The summed E-state index contributed by atoms with van der Waals surface area (Å²) in [6.07, 6.45) is 1.58. The van der Waals surface area contributed by atoms with Crippen molar-refractivity contribution in [1.82, 2.24) is 4.90 Å². The van der Waals surface area contributed by atoms with E-state index in [0.717, 1.165) is 12.8 Å². The largest absolute Gasteiger partial charge is 0.507 e. The minimum absolute atomic E-state index is 0.0376. The first-order valence-electron chi connectivity index (χ1n) is 5.50. The number of nitrogens with zero attached hydrogens (tertiary/aromatic N) is 1. The summed E-state index contributed by atoms with van der Waals surface area (Å²) in [5.41, 5.74) is 0.0376. The number of aliphatic carboxylic acids is 1. The zero-order chi connectivity index (χ0) is 13.3. The summed E-state index contributed by atoms with van der Waals surface area (Å²) in [7, 11) is 0. The van der Waals surface area contributed by atoms with Crippen LogP contribution in [0.3, 0.4) is 0 Å². The van der Waals surface area contributed by atoms with Crippen molar-refractivity contribution >= 4 is 23.5 Å². The van der Waals surface area contributed by atoms with Crippen LogP contribution in [0.2, 0.25) is 5.02 Å². The molecule has 0 heterocycles. The Labute approximate surface area is 109 Å². The summed E-state index contributed by atoms with van der Waals surface area (Å²) in [5.74, 6) is -1.77. The van der Waals surface area contributed by atoms with Gasteiger partial charge in [0.1, 0.15) is 12.3 Å². The summed E-state index contributed by atoms with van der Waals surface area (Å²) < 4.78 is 0. The Hall–Kier alpha value is -1.75. The fraction of sp³-hybridized carbons (Fsp3) is 0.333. The lowest BCUT2D eigenvalue weighted by Gasteiger charge is -2.20. The average molecular weight is 270 g/mol. The second-order valence-corrected chi connectivity index (χ2v) is 4.66. The molecule has 0 unspecified atom stereocenters. The first-order valence-corrected chi connectivity index (χ1v) is 5.88. The number of phenolic OH excluding ortho intramolecular Hbond substituents is 1. The van der Waals surface area contributed by atoms with Crippen LogP contribution >= 0.6 is 11.6 Å². The van der Waals surface area contributed by atoms with Gasteiger partial charge in [0.15, 0.2) is 0 Å². The van der Waals surface area contributed by atoms with Gasteiger partial charge in [0.25, 0.3) is 5.91 Å². The van der Waals surface area contributed by atoms with Gasteiger partial charge in [0.2, 0.25) is 0 Å². The summed E-state index contributed by atoms with van der Waals surface area (Å²) in [4.78, 5) is 24.2. The monoisotopic (exact) mass is 269 g/mol. The number of hydrogen-bond acceptors (Lipinski definition) is 3. The van der Waals surface area contributed by atoms with Crippen LogP contribution in [-0.4, -0.2) is 39.6 Å². The highest BCUT2D eigenvalue weighted by Crippen LogP contribution is 2.30. The van der Waals surface area contributed by atoms with E-state index in [9.17, 15) is 14.7 Å². The molecule has 1 aliphatic rings. The predicted molar refractivity (Wildman–Crippen MR) is 64.8 cm³/mol. The summed E-state index contributed by atoms with van der Waals surface area (Å²) >= 11 is 5.77. The van der Waals surface area contributed by atoms with E-state index < -0.39 is 11.9 Å². The lowest BCUT2D eigenvalue weighted by Crippen LogP contribution is -2.37. The van der Waals surface area contributed by atoms with E-state index >= 15 is 0 Å². The number of carboxylic acids is 1. The van der Waals surface area contributed by atoms with Gasteiger partial charge in [-0.3, -0.25) is 9.59 Å². The van der Waals surface area contributed by atoms with E-state index in [0.29, 0.717) is 5.02 Å². The molecule has 18 heavy (non-hydrogen) atoms. The molecule has 0 bridgehead atoms. The molecule has 0 aliphatic heterocycles. The first-order chi connectivity index (χ1) is 8.49. The Morgan fingerprint density at radius 1 is 1.39 bits per heavy atom. The number of rotatable bonds is 4. The topological polar surface area (TPSA) is 77.8 Å².